The molecule has 4 aromatic carbocycles. The normalized spacial score (nSPS) is 11.6. The third kappa shape index (κ3) is 6.08. The van der Waals surface area contributed by atoms with E-state index in [-0.39, 0.29) is 24.9 Å². The number of rotatable bonds is 9. The van der Waals surface area contributed by atoms with E-state index in [0.717, 1.165) is 11.1 Å². The van der Waals surface area contributed by atoms with E-state index in [1.807, 2.05) is 54.6 Å². The van der Waals surface area contributed by atoms with E-state index in [2.05, 4.69) is 15.6 Å². The van der Waals surface area contributed by atoms with Crippen molar-refractivity contribution in [2.45, 2.75) is 19.1 Å². The quantitative estimate of drug-likeness (QED) is 0.267. The predicted molar refractivity (Wildman–Crippen MR) is 150 cm³/mol. The fourth-order valence-corrected chi connectivity index (χ4v) is 4.49. The summed E-state index contributed by atoms with van der Waals surface area (Å²) in [5.41, 5.74) is 3.50. The summed E-state index contributed by atoms with van der Waals surface area (Å²) in [5.74, 6) is 0.0118. The molecule has 0 fully saturated rings. The van der Waals surface area contributed by atoms with Gasteiger partial charge in [0, 0.05) is 17.3 Å². The Hall–Kier alpha value is -4.69. The third-order valence-corrected chi connectivity index (χ3v) is 6.58. The zero-order valence-corrected chi connectivity index (χ0v) is 22.0. The number of ether oxygens (including phenoxy) is 1. The number of benzene rings is 4. The molecule has 196 valence electrons. The van der Waals surface area contributed by atoms with Crippen molar-refractivity contribution in [3.8, 4) is 5.75 Å². The van der Waals surface area contributed by atoms with Crippen molar-refractivity contribution in [3.63, 3.8) is 0 Å². The summed E-state index contributed by atoms with van der Waals surface area (Å²) in [4.78, 5) is 29.5. The van der Waals surface area contributed by atoms with Gasteiger partial charge in [0.15, 0.2) is 0 Å². The van der Waals surface area contributed by atoms with Crippen LogP contribution in [0.4, 0.5) is 5.69 Å². The van der Waals surface area contributed by atoms with Crippen molar-refractivity contribution in [3.05, 3.63) is 119 Å². The van der Waals surface area contributed by atoms with E-state index in [4.69, 9.17) is 16.3 Å². The van der Waals surface area contributed by atoms with Gasteiger partial charge in [0.1, 0.15) is 23.9 Å². The van der Waals surface area contributed by atoms with Gasteiger partial charge in [-0.1, -0.05) is 71.4 Å². The Morgan fingerprint density at radius 3 is 2.33 bits per heavy atom. The highest BCUT2D eigenvalue weighted by atomic mass is 35.5. The van der Waals surface area contributed by atoms with Gasteiger partial charge in [-0.2, -0.15) is 0 Å². The molecule has 5 aromatic rings. The Kier molecular flexibility index (Phi) is 7.84. The molecule has 1 unspecified atom stereocenters. The Morgan fingerprint density at radius 1 is 0.923 bits per heavy atom. The molecule has 9 heteroatoms. The highest BCUT2D eigenvalue weighted by Crippen LogP contribution is 2.28. The number of halogens is 1. The van der Waals surface area contributed by atoms with E-state index in [0.29, 0.717) is 27.5 Å². The van der Waals surface area contributed by atoms with Crippen LogP contribution in [0.5, 0.6) is 5.75 Å². The van der Waals surface area contributed by atoms with Gasteiger partial charge in [0.25, 0.3) is 5.91 Å². The third-order valence-electron chi connectivity index (χ3n) is 6.32. The number of hydrogen-bond acceptors (Lipinski definition) is 5. The van der Waals surface area contributed by atoms with Crippen molar-refractivity contribution < 1.29 is 14.3 Å². The number of carbonyl (C=O) groups is 2. The number of para-hydroxylation sites is 1. The molecule has 0 radical (unpaired) electrons. The molecule has 1 atom stereocenters. The lowest BCUT2D eigenvalue weighted by Crippen LogP contribution is -2.42. The molecule has 39 heavy (non-hydrogen) atoms. The van der Waals surface area contributed by atoms with Crippen molar-refractivity contribution in [1.82, 2.24) is 19.9 Å². The smallest absolute Gasteiger partial charge is 0.251 e. The summed E-state index contributed by atoms with van der Waals surface area (Å²) < 4.78 is 6.78. The van der Waals surface area contributed by atoms with E-state index in [1.165, 1.54) is 0 Å². The molecule has 0 saturated carbocycles. The van der Waals surface area contributed by atoms with E-state index >= 15 is 0 Å². The SMILES string of the molecule is COc1ccc(NC(=O)C(c2ccc(Cl)cc2)N(Cc2ccccc2)C(=O)Cn2nnc3ccccc32)cc1. The minimum absolute atomic E-state index is 0.0900. The molecular weight excluding hydrogens is 514 g/mol. The molecule has 0 aliphatic rings. The van der Waals surface area contributed by atoms with Crippen LogP contribution >= 0.6 is 11.6 Å². The molecule has 5 rings (SSSR count). The van der Waals surface area contributed by atoms with E-state index < -0.39 is 6.04 Å². The van der Waals surface area contributed by atoms with Crippen molar-refractivity contribution in [2.24, 2.45) is 0 Å². The number of carbonyl (C=O) groups excluding carboxylic acids is 2. The van der Waals surface area contributed by atoms with Gasteiger partial charge in [0.2, 0.25) is 5.91 Å². The molecule has 1 N–H and O–H groups in total. The molecule has 0 aliphatic heterocycles. The lowest BCUT2D eigenvalue weighted by molar-refractivity contribution is -0.140. The van der Waals surface area contributed by atoms with Crippen LogP contribution in [0, 0.1) is 0 Å². The summed E-state index contributed by atoms with van der Waals surface area (Å²) in [6.07, 6.45) is 0. The molecule has 1 aromatic heterocycles. The zero-order chi connectivity index (χ0) is 27.2. The van der Waals surface area contributed by atoms with Gasteiger partial charge in [-0.05, 0) is 59.7 Å². The van der Waals surface area contributed by atoms with Crippen LogP contribution in [0.2, 0.25) is 5.02 Å². The van der Waals surface area contributed by atoms with Gasteiger partial charge >= 0.3 is 0 Å². The van der Waals surface area contributed by atoms with Gasteiger partial charge in [-0.15, -0.1) is 5.10 Å². The lowest BCUT2D eigenvalue weighted by atomic mass is 10.0. The Bertz CT molecular complexity index is 1570. The summed E-state index contributed by atoms with van der Waals surface area (Å²) >= 11 is 6.16. The fraction of sp³-hybridized carbons (Fsp3) is 0.133. The molecule has 0 aliphatic carbocycles. The first kappa shape index (κ1) is 25.9. The lowest BCUT2D eigenvalue weighted by Gasteiger charge is -2.31. The summed E-state index contributed by atoms with van der Waals surface area (Å²) in [7, 11) is 1.58. The summed E-state index contributed by atoms with van der Waals surface area (Å²) in [5, 5.41) is 11.8. The number of methoxy groups -OCH3 is 1. The first-order valence-electron chi connectivity index (χ1n) is 12.3. The second-order valence-corrected chi connectivity index (χ2v) is 9.35. The van der Waals surface area contributed by atoms with E-state index in [9.17, 15) is 9.59 Å². The number of nitrogens with zero attached hydrogens (tertiary/aromatic N) is 4. The molecule has 8 nitrogen and oxygen atoms in total. The monoisotopic (exact) mass is 539 g/mol. The van der Waals surface area contributed by atoms with Crippen molar-refractivity contribution >= 4 is 40.1 Å². The highest BCUT2D eigenvalue weighted by molar-refractivity contribution is 6.30. The molecule has 0 saturated heterocycles. The van der Waals surface area contributed by atoms with Crippen LogP contribution in [0.15, 0.2) is 103 Å². The highest BCUT2D eigenvalue weighted by Gasteiger charge is 2.32. The first-order chi connectivity index (χ1) is 19.0. The number of nitrogens with one attached hydrogen (secondary N) is 1. The van der Waals surface area contributed by atoms with E-state index in [1.54, 1.807) is 65.2 Å². The van der Waals surface area contributed by atoms with Gasteiger partial charge in [-0.25, -0.2) is 4.68 Å². The maximum atomic E-state index is 14.0. The zero-order valence-electron chi connectivity index (χ0n) is 21.2. The average molecular weight is 540 g/mol. The minimum atomic E-state index is -0.952. The Balaban J connectivity index is 1.53. The van der Waals surface area contributed by atoms with Crippen molar-refractivity contribution in [1.29, 1.82) is 0 Å². The van der Waals surface area contributed by atoms with Crippen LogP contribution in [-0.4, -0.2) is 38.8 Å². The fourth-order valence-electron chi connectivity index (χ4n) is 4.36. The average Bonchev–Trinajstić information content (AvgIpc) is 3.37. The van der Waals surface area contributed by atoms with Crippen LogP contribution < -0.4 is 10.1 Å². The predicted octanol–water partition coefficient (Wildman–Crippen LogP) is 5.50. The topological polar surface area (TPSA) is 89.4 Å². The maximum Gasteiger partial charge on any atom is 0.251 e. The first-order valence-corrected chi connectivity index (χ1v) is 12.7. The number of anilines is 1. The molecule has 0 spiro atoms. The largest absolute Gasteiger partial charge is 0.497 e. The molecular formula is C30H26ClN5O3. The number of fused-ring (bicyclic) bond motifs is 1. The maximum absolute atomic E-state index is 14.0. The minimum Gasteiger partial charge on any atom is -0.497 e. The molecule has 1 heterocycles. The molecule has 2 amide bonds. The summed E-state index contributed by atoms with van der Waals surface area (Å²) in [6.45, 7) is 0.114. The van der Waals surface area contributed by atoms with Crippen LogP contribution in [0.25, 0.3) is 11.0 Å². The Labute approximate surface area is 230 Å². The van der Waals surface area contributed by atoms with Crippen molar-refractivity contribution in [2.75, 3.05) is 12.4 Å². The second kappa shape index (κ2) is 11.8. The van der Waals surface area contributed by atoms with Crippen LogP contribution in [0.1, 0.15) is 17.2 Å². The van der Waals surface area contributed by atoms with Gasteiger partial charge < -0.3 is 15.0 Å². The van der Waals surface area contributed by atoms with Gasteiger partial charge in [0.05, 0.1) is 12.6 Å². The number of hydrogen-bond donors (Lipinski definition) is 1. The van der Waals surface area contributed by atoms with Gasteiger partial charge in [-0.3, -0.25) is 9.59 Å². The van der Waals surface area contributed by atoms with Crippen LogP contribution in [-0.2, 0) is 22.7 Å². The van der Waals surface area contributed by atoms with Crippen LogP contribution in [0.3, 0.4) is 0 Å². The number of amides is 2. The standard InChI is InChI=1S/C30H26ClN5O3/c1-39-25-17-15-24(16-18-25)32-30(38)29(22-11-13-23(31)14-12-22)35(19-21-7-3-2-4-8-21)28(37)20-36-27-10-6-5-9-26(27)33-34-36/h2-18,29H,19-20H2,1H3,(H,32,38). The molecule has 0 bridgehead atoms. The number of aromatic nitrogens is 3. The summed E-state index contributed by atoms with van der Waals surface area (Å²) in [6, 6.07) is 30.0. The second-order valence-electron chi connectivity index (χ2n) is 8.91. The Morgan fingerprint density at radius 2 is 1.62 bits per heavy atom.